The summed E-state index contributed by atoms with van der Waals surface area (Å²) in [5.74, 6) is -0.182. The Kier molecular flexibility index (Phi) is 28.8. The van der Waals surface area contributed by atoms with E-state index in [1.54, 1.807) is 35.6 Å². The van der Waals surface area contributed by atoms with Crippen LogP contribution in [0.4, 0.5) is 11.4 Å². The molecule has 4 aromatic carbocycles. The van der Waals surface area contributed by atoms with Crippen LogP contribution in [0.15, 0.2) is 150 Å². The maximum absolute atomic E-state index is 9.63. The summed E-state index contributed by atoms with van der Waals surface area (Å²) in [6.07, 6.45) is 8.08. The van der Waals surface area contributed by atoms with Crippen LogP contribution < -0.4 is 9.80 Å². The third kappa shape index (κ3) is 17.6. The maximum atomic E-state index is 9.63. The zero-order valence-corrected chi connectivity index (χ0v) is 44.0. The first-order chi connectivity index (χ1) is 34.1. The summed E-state index contributed by atoms with van der Waals surface area (Å²) in [5.41, 5.74) is 7.18. The van der Waals surface area contributed by atoms with Gasteiger partial charge in [-0.3, -0.25) is 0 Å². The number of nitrogens with zero attached hydrogens (tertiary/aromatic N) is 8. The summed E-state index contributed by atoms with van der Waals surface area (Å²) in [4.78, 5) is 14.5. The van der Waals surface area contributed by atoms with Crippen molar-refractivity contribution >= 4 is 75.1 Å². The lowest BCUT2D eigenvalue weighted by Crippen LogP contribution is -2.07. The first-order valence-corrected chi connectivity index (χ1v) is 24.6. The average molecular weight is 959 g/mol. The molecule has 0 aliphatic carbocycles. The van der Waals surface area contributed by atoms with Crippen molar-refractivity contribution in [1.29, 1.82) is 21.0 Å². The molecule has 0 saturated carbocycles. The SMILES string of the molecule is CC.CC.CC.CC.CN(C)c1ccc(/C=C/c2ccc(C(=C(C#N)C#N)c3ccccc3)s2)cc1.[C-]#[N+]C([N+]#[C-])=C(C(=C(C#N)C#N)c1ccccc1)c1ccc(/C=C/c2ccc(N(C)C)cc2)s1. The number of hydrogen-bond acceptors (Lipinski definition) is 8. The molecular weight excluding hydrogens is 897 g/mol. The fourth-order valence-electron chi connectivity index (χ4n) is 6.07. The van der Waals surface area contributed by atoms with Crippen LogP contribution in [-0.4, -0.2) is 28.2 Å². The Hall–Kier alpha value is -8.48. The number of benzene rings is 4. The van der Waals surface area contributed by atoms with Gasteiger partial charge in [-0.25, -0.2) is 0 Å². The van der Waals surface area contributed by atoms with Gasteiger partial charge in [-0.05, 0) is 82.9 Å². The molecule has 2 heterocycles. The molecule has 0 spiro atoms. The summed E-state index contributed by atoms with van der Waals surface area (Å²) in [6, 6.07) is 50.6. The number of hydrogen-bond donors (Lipinski definition) is 0. The predicted molar refractivity (Wildman–Crippen MR) is 302 cm³/mol. The van der Waals surface area contributed by atoms with Crippen molar-refractivity contribution in [3.63, 3.8) is 0 Å². The minimum atomic E-state index is -0.182. The normalized spacial score (nSPS) is 9.23. The van der Waals surface area contributed by atoms with Gasteiger partial charge < -0.3 is 9.80 Å². The smallest absolute Gasteiger partial charge is 0.378 e. The minimum Gasteiger partial charge on any atom is -0.378 e. The Bertz CT molecular complexity index is 2890. The zero-order valence-electron chi connectivity index (χ0n) is 42.4. The van der Waals surface area contributed by atoms with Crippen LogP contribution in [0.3, 0.4) is 0 Å². The Morgan fingerprint density at radius 3 is 1.19 bits per heavy atom. The number of thiophene rings is 2. The topological polar surface area (TPSA) is 110 Å². The van der Waals surface area contributed by atoms with Crippen molar-refractivity contribution in [1.82, 2.24) is 0 Å². The van der Waals surface area contributed by atoms with E-state index < -0.39 is 0 Å². The molecule has 0 atom stereocenters. The second-order valence-electron chi connectivity index (χ2n) is 13.6. The molecule has 70 heavy (non-hydrogen) atoms. The fourth-order valence-corrected chi connectivity index (χ4v) is 8.01. The summed E-state index contributed by atoms with van der Waals surface area (Å²) < 4.78 is 0. The standard InChI is InChI=1S/C28H19N5S.C24H19N3S.4C2H6/c1-31-28(32-2)27(26(22(18-29)19-30)21-8-6-5-7-9-21)25-17-16-24(34-25)15-12-20-10-13-23(14-11-20)33(3)4;1-27(2)21-11-8-18(9-12-21)10-13-22-14-15-23(28-22)24(20(16-25)17-26)19-6-4-3-5-7-19;4*1-2/h5-17H,3-4H3;3-15H,1-2H3;4*1-2H3/b15-12+;13-10+;;;;. The van der Waals surface area contributed by atoms with E-state index in [0.29, 0.717) is 27.2 Å². The van der Waals surface area contributed by atoms with Crippen LogP contribution in [0.2, 0.25) is 0 Å². The van der Waals surface area contributed by atoms with Gasteiger partial charge >= 0.3 is 5.82 Å². The Balaban J connectivity index is 0.000000621. The number of allylic oxidation sites excluding steroid dienone is 4. The molecular formula is C60H62N8S2. The van der Waals surface area contributed by atoms with Crippen molar-refractivity contribution in [2.45, 2.75) is 55.4 Å². The third-order valence-electron chi connectivity index (χ3n) is 9.20. The molecule has 2 aromatic heterocycles. The molecule has 0 aliphatic rings. The fraction of sp³-hybridized carbons (Fsp3) is 0.200. The van der Waals surface area contributed by atoms with Crippen LogP contribution in [0.25, 0.3) is 50.7 Å². The van der Waals surface area contributed by atoms with Gasteiger partial charge in [0.1, 0.15) is 48.6 Å². The first-order valence-electron chi connectivity index (χ1n) is 22.9. The summed E-state index contributed by atoms with van der Waals surface area (Å²) >= 11 is 2.96. The predicted octanol–water partition coefficient (Wildman–Crippen LogP) is 16.9. The third-order valence-corrected chi connectivity index (χ3v) is 11.3. The van der Waals surface area contributed by atoms with E-state index in [1.807, 2.05) is 210 Å². The molecule has 6 rings (SSSR count). The monoisotopic (exact) mass is 958 g/mol. The molecule has 0 bridgehead atoms. The van der Waals surface area contributed by atoms with Crippen LogP contribution in [-0.2, 0) is 0 Å². The van der Waals surface area contributed by atoms with Gasteiger partial charge in [-0.15, -0.1) is 22.7 Å². The molecule has 0 radical (unpaired) electrons. The highest BCUT2D eigenvalue weighted by atomic mass is 32.1. The second-order valence-corrected chi connectivity index (χ2v) is 15.9. The van der Waals surface area contributed by atoms with E-state index in [2.05, 4.69) is 51.0 Å². The second kappa shape index (κ2) is 33.9. The van der Waals surface area contributed by atoms with E-state index in [0.717, 1.165) is 42.7 Å². The van der Waals surface area contributed by atoms with Gasteiger partial charge in [0.05, 0.1) is 5.57 Å². The number of anilines is 2. The highest BCUT2D eigenvalue weighted by molar-refractivity contribution is 7.14. The molecule has 0 saturated heterocycles. The first kappa shape index (κ1) is 59.5. The summed E-state index contributed by atoms with van der Waals surface area (Å²) in [6.45, 7) is 31.1. The summed E-state index contributed by atoms with van der Waals surface area (Å²) in [5, 5.41) is 38.1. The molecule has 0 aliphatic heterocycles. The van der Waals surface area contributed by atoms with Crippen LogP contribution in [0, 0.1) is 58.5 Å². The molecule has 8 nitrogen and oxygen atoms in total. The average Bonchev–Trinajstić information content (AvgIpc) is 4.11. The molecule has 10 heteroatoms. The Labute approximate surface area is 426 Å². The zero-order chi connectivity index (χ0) is 52.4. The molecule has 0 N–H and O–H groups in total. The van der Waals surface area contributed by atoms with Crippen LogP contribution in [0.5, 0.6) is 0 Å². The van der Waals surface area contributed by atoms with Crippen molar-refractivity contribution < 1.29 is 0 Å². The van der Waals surface area contributed by atoms with Crippen molar-refractivity contribution in [3.8, 4) is 24.3 Å². The van der Waals surface area contributed by atoms with Crippen molar-refractivity contribution in [2.75, 3.05) is 38.0 Å². The van der Waals surface area contributed by atoms with Crippen LogP contribution >= 0.6 is 22.7 Å². The van der Waals surface area contributed by atoms with Gasteiger partial charge in [0.15, 0.2) is 0 Å². The minimum absolute atomic E-state index is 0.128. The molecule has 6 aromatic rings. The lowest BCUT2D eigenvalue weighted by Gasteiger charge is -2.11. The molecule has 0 amide bonds. The molecule has 0 fully saturated rings. The molecule has 0 unspecified atom stereocenters. The Morgan fingerprint density at radius 1 is 0.443 bits per heavy atom. The van der Waals surface area contributed by atoms with Gasteiger partial charge in [-0.2, -0.15) is 30.7 Å². The number of nitriles is 4. The maximum Gasteiger partial charge on any atom is 0.528 e. The van der Waals surface area contributed by atoms with E-state index in [-0.39, 0.29) is 17.0 Å². The molecule has 354 valence electrons. The lowest BCUT2D eigenvalue weighted by molar-refractivity contribution is 1.13. The lowest BCUT2D eigenvalue weighted by atomic mass is 9.92. The highest BCUT2D eigenvalue weighted by Gasteiger charge is 2.26. The van der Waals surface area contributed by atoms with Gasteiger partial charge in [0.2, 0.25) is 0 Å². The van der Waals surface area contributed by atoms with E-state index in [1.165, 1.54) is 11.3 Å². The van der Waals surface area contributed by atoms with Crippen molar-refractivity contribution in [3.05, 3.63) is 215 Å². The van der Waals surface area contributed by atoms with E-state index >= 15 is 0 Å². The van der Waals surface area contributed by atoms with E-state index in [9.17, 15) is 21.0 Å². The largest absolute Gasteiger partial charge is 0.528 e. The van der Waals surface area contributed by atoms with Gasteiger partial charge in [0, 0.05) is 70.2 Å². The Morgan fingerprint density at radius 2 is 0.814 bits per heavy atom. The quantitative estimate of drug-likeness (QED) is 0.0727. The van der Waals surface area contributed by atoms with Crippen molar-refractivity contribution in [2.24, 2.45) is 0 Å². The van der Waals surface area contributed by atoms with Gasteiger partial charge in [-0.1, -0.05) is 152 Å². The van der Waals surface area contributed by atoms with Gasteiger partial charge in [0.25, 0.3) is 0 Å². The summed E-state index contributed by atoms with van der Waals surface area (Å²) in [7, 11) is 8.02. The number of rotatable bonds is 11. The highest BCUT2D eigenvalue weighted by Crippen LogP contribution is 2.40. The van der Waals surface area contributed by atoms with E-state index in [4.69, 9.17) is 13.1 Å². The van der Waals surface area contributed by atoms with Crippen LogP contribution in [0.1, 0.15) is 97.2 Å².